The molecule has 1 amide bonds. The first-order valence-corrected chi connectivity index (χ1v) is 14.0. The number of carbonyl (C=O) groups excluding carboxylic acids is 1. The van der Waals surface area contributed by atoms with Gasteiger partial charge in [-0.2, -0.15) is 0 Å². The molecule has 1 atom stereocenters. The largest absolute Gasteiger partial charge is 0.494 e. The van der Waals surface area contributed by atoms with Crippen molar-refractivity contribution in [2.24, 2.45) is 0 Å². The Bertz CT molecular complexity index is 1270. The molecule has 1 aromatic heterocycles. The van der Waals surface area contributed by atoms with Crippen molar-refractivity contribution in [1.82, 2.24) is 14.9 Å². The van der Waals surface area contributed by atoms with Gasteiger partial charge in [-0.25, -0.2) is 9.97 Å². The van der Waals surface area contributed by atoms with Crippen molar-refractivity contribution in [1.29, 1.82) is 0 Å². The van der Waals surface area contributed by atoms with E-state index in [0.717, 1.165) is 15.5 Å². The van der Waals surface area contributed by atoms with Gasteiger partial charge in [0.2, 0.25) is 13.3 Å². The Kier molecular flexibility index (Phi) is 9.40. The van der Waals surface area contributed by atoms with Gasteiger partial charge in [0.05, 0.1) is 31.2 Å². The van der Waals surface area contributed by atoms with Gasteiger partial charge in [-0.05, 0) is 38.2 Å². The highest BCUT2D eigenvalue weighted by atomic mass is 79.9. The molecule has 0 saturated carbocycles. The number of ether oxygens (including phenoxy) is 1. The van der Waals surface area contributed by atoms with Crippen LogP contribution in [0.4, 0.5) is 17.2 Å². The molecule has 3 aromatic rings. The molecule has 2 N–H and O–H groups in total. The Morgan fingerprint density at radius 3 is 2.77 bits per heavy atom. The predicted molar refractivity (Wildman–Crippen MR) is 144 cm³/mol. The SMILES string of the molecule is CCOP(C)(=O)CN(C)CC=CC(=O)Nc1cc2c(Nc3cccc(Br)c3)ncnc2cc1OC. The highest BCUT2D eigenvalue weighted by Gasteiger charge is 2.17. The zero-order valence-electron chi connectivity index (χ0n) is 20.1. The Labute approximate surface area is 213 Å². The third kappa shape index (κ3) is 7.86. The highest BCUT2D eigenvalue weighted by molar-refractivity contribution is 9.10. The van der Waals surface area contributed by atoms with E-state index in [0.29, 0.717) is 42.2 Å². The minimum Gasteiger partial charge on any atom is -0.494 e. The summed E-state index contributed by atoms with van der Waals surface area (Å²) in [7, 11) is 0.676. The first kappa shape index (κ1) is 26.8. The first-order valence-electron chi connectivity index (χ1n) is 10.9. The molecule has 0 saturated heterocycles. The zero-order chi connectivity index (χ0) is 25.4. The van der Waals surface area contributed by atoms with Gasteiger partial charge in [-0.15, -0.1) is 0 Å². The highest BCUT2D eigenvalue weighted by Crippen LogP contribution is 2.42. The van der Waals surface area contributed by atoms with E-state index in [1.54, 1.807) is 24.9 Å². The molecule has 0 aliphatic rings. The molecule has 1 unspecified atom stereocenters. The third-order valence-electron chi connectivity index (χ3n) is 4.89. The lowest BCUT2D eigenvalue weighted by atomic mass is 10.2. The van der Waals surface area contributed by atoms with Crippen LogP contribution in [0.2, 0.25) is 0 Å². The molecule has 3 rings (SSSR count). The van der Waals surface area contributed by atoms with E-state index in [9.17, 15) is 9.36 Å². The standard InChI is InChI=1S/C24H29BrN5O4P/c1-5-34-35(4,32)16-30(2)11-7-10-23(31)29-21-13-19-20(14-22(21)33-3)26-15-27-24(19)28-18-9-6-8-17(25)12-18/h6-10,12-15H,5,11,16H2,1-4H3,(H,29,31)(H,26,27,28). The van der Waals surface area contributed by atoms with Gasteiger partial charge in [0.1, 0.15) is 17.9 Å². The summed E-state index contributed by atoms with van der Waals surface area (Å²) >= 11 is 3.47. The number of benzene rings is 2. The molecule has 11 heteroatoms. The van der Waals surface area contributed by atoms with Crippen LogP contribution < -0.4 is 15.4 Å². The number of hydrogen-bond acceptors (Lipinski definition) is 8. The van der Waals surface area contributed by atoms with Crippen LogP contribution >= 0.6 is 23.3 Å². The second-order valence-electron chi connectivity index (χ2n) is 7.93. The maximum absolute atomic E-state index is 12.6. The second kappa shape index (κ2) is 12.3. The number of carbonyl (C=O) groups is 1. The summed E-state index contributed by atoms with van der Waals surface area (Å²) in [5.74, 6) is 0.757. The van der Waals surface area contributed by atoms with Gasteiger partial charge in [-0.3, -0.25) is 14.3 Å². The van der Waals surface area contributed by atoms with E-state index in [2.05, 4.69) is 36.5 Å². The number of likely N-dealkylation sites (N-methyl/N-ethyl adjacent to an activating group) is 1. The lowest BCUT2D eigenvalue weighted by molar-refractivity contribution is -0.111. The Morgan fingerprint density at radius 2 is 2.06 bits per heavy atom. The van der Waals surface area contributed by atoms with E-state index in [-0.39, 0.29) is 5.91 Å². The minimum absolute atomic E-state index is 0.305. The molecule has 9 nitrogen and oxygen atoms in total. The molecule has 0 fully saturated rings. The molecule has 0 radical (unpaired) electrons. The van der Waals surface area contributed by atoms with Crippen LogP contribution in [-0.4, -0.2) is 61.0 Å². The van der Waals surface area contributed by atoms with Crippen LogP contribution in [0, 0.1) is 0 Å². The van der Waals surface area contributed by atoms with Crippen molar-refractivity contribution in [3.63, 3.8) is 0 Å². The van der Waals surface area contributed by atoms with Crippen LogP contribution in [-0.2, 0) is 13.9 Å². The van der Waals surface area contributed by atoms with Crippen LogP contribution in [0.5, 0.6) is 5.75 Å². The number of hydrogen-bond donors (Lipinski definition) is 2. The Hall–Kier alpha value is -2.78. The summed E-state index contributed by atoms with van der Waals surface area (Å²) in [5.41, 5.74) is 2.01. The van der Waals surface area contributed by atoms with Gasteiger partial charge in [0.25, 0.3) is 0 Å². The number of halogens is 1. The van der Waals surface area contributed by atoms with E-state index in [4.69, 9.17) is 9.26 Å². The number of nitrogens with zero attached hydrogens (tertiary/aromatic N) is 3. The first-order chi connectivity index (χ1) is 16.7. The fourth-order valence-electron chi connectivity index (χ4n) is 3.48. The molecule has 186 valence electrons. The fraction of sp³-hybridized carbons (Fsp3) is 0.292. The molecule has 1 heterocycles. The van der Waals surface area contributed by atoms with Crippen molar-refractivity contribution in [2.75, 3.05) is 50.9 Å². The molecule has 0 aliphatic carbocycles. The maximum Gasteiger partial charge on any atom is 0.248 e. The van der Waals surface area contributed by atoms with Gasteiger partial charge >= 0.3 is 0 Å². The van der Waals surface area contributed by atoms with Crippen LogP contribution in [0.25, 0.3) is 10.9 Å². The summed E-state index contributed by atoms with van der Waals surface area (Å²) in [5, 5.41) is 6.87. The topological polar surface area (TPSA) is 106 Å². The molecular weight excluding hydrogens is 533 g/mol. The lowest BCUT2D eigenvalue weighted by Gasteiger charge is -2.19. The van der Waals surface area contributed by atoms with E-state index in [1.807, 2.05) is 43.1 Å². The van der Waals surface area contributed by atoms with E-state index in [1.165, 1.54) is 19.5 Å². The average molecular weight is 562 g/mol. The van der Waals surface area contributed by atoms with Crippen molar-refractivity contribution < 1.29 is 18.6 Å². The van der Waals surface area contributed by atoms with Gasteiger partial charge in [0.15, 0.2) is 0 Å². The Balaban J connectivity index is 1.75. The molecule has 0 aliphatic heterocycles. The van der Waals surface area contributed by atoms with Gasteiger partial charge in [-0.1, -0.05) is 28.1 Å². The molecule has 0 spiro atoms. The van der Waals surface area contributed by atoms with Gasteiger partial charge < -0.3 is 19.9 Å². The van der Waals surface area contributed by atoms with Crippen molar-refractivity contribution >= 4 is 57.3 Å². The summed E-state index contributed by atoms with van der Waals surface area (Å²) in [6.45, 7) is 4.27. The molecule has 35 heavy (non-hydrogen) atoms. The molecule has 0 bridgehead atoms. The number of nitrogens with one attached hydrogen (secondary N) is 2. The van der Waals surface area contributed by atoms with E-state index < -0.39 is 7.37 Å². The minimum atomic E-state index is -2.68. The molecule has 2 aromatic carbocycles. The summed E-state index contributed by atoms with van der Waals surface area (Å²) < 4.78 is 24.0. The Morgan fingerprint density at radius 1 is 1.26 bits per heavy atom. The normalized spacial score (nSPS) is 13.2. The fourth-order valence-corrected chi connectivity index (χ4v) is 5.50. The second-order valence-corrected chi connectivity index (χ2v) is 11.4. The van der Waals surface area contributed by atoms with Crippen LogP contribution in [0.3, 0.4) is 0 Å². The third-order valence-corrected chi connectivity index (χ3v) is 7.18. The number of anilines is 3. The summed E-state index contributed by atoms with van der Waals surface area (Å²) in [4.78, 5) is 23.1. The van der Waals surface area contributed by atoms with Crippen molar-refractivity contribution in [3.8, 4) is 5.75 Å². The van der Waals surface area contributed by atoms with Gasteiger partial charge in [0, 0.05) is 40.9 Å². The number of aromatic nitrogens is 2. The van der Waals surface area contributed by atoms with Crippen LogP contribution in [0.15, 0.2) is 59.4 Å². The van der Waals surface area contributed by atoms with Crippen LogP contribution in [0.1, 0.15) is 6.92 Å². The van der Waals surface area contributed by atoms with Crippen molar-refractivity contribution in [3.05, 3.63) is 59.4 Å². The summed E-state index contributed by atoms with van der Waals surface area (Å²) in [6, 6.07) is 11.3. The quantitative estimate of drug-likeness (QED) is 0.234. The smallest absolute Gasteiger partial charge is 0.248 e. The average Bonchev–Trinajstić information content (AvgIpc) is 2.78. The number of rotatable bonds is 11. The lowest BCUT2D eigenvalue weighted by Crippen LogP contribution is -2.20. The number of amides is 1. The summed E-state index contributed by atoms with van der Waals surface area (Å²) in [6.07, 6.45) is 4.92. The maximum atomic E-state index is 12.6. The van der Waals surface area contributed by atoms with Crippen molar-refractivity contribution in [2.45, 2.75) is 6.92 Å². The predicted octanol–water partition coefficient (Wildman–Crippen LogP) is 5.47. The monoisotopic (exact) mass is 561 g/mol. The van der Waals surface area contributed by atoms with E-state index >= 15 is 0 Å². The number of methoxy groups -OCH3 is 1. The number of fused-ring (bicyclic) bond motifs is 1. The zero-order valence-corrected chi connectivity index (χ0v) is 22.6. The molecular formula is C24H29BrN5O4P.